The van der Waals surface area contributed by atoms with Crippen molar-refractivity contribution in [2.45, 2.75) is 31.9 Å². The van der Waals surface area contributed by atoms with Gasteiger partial charge in [0.05, 0.1) is 18.8 Å². The Kier molecular flexibility index (Phi) is 8.66. The molecule has 1 rings (SSSR count). The molecule has 0 radical (unpaired) electrons. The quantitative estimate of drug-likeness (QED) is 0.350. The minimum absolute atomic E-state index is 0.0671. The molecule has 174 valence electrons. The molecule has 0 aliphatic heterocycles. The van der Waals surface area contributed by atoms with E-state index in [-0.39, 0.29) is 17.9 Å². The summed E-state index contributed by atoms with van der Waals surface area (Å²) in [5, 5.41) is 2.96. The minimum atomic E-state index is -5.81. The van der Waals surface area contributed by atoms with E-state index in [1.165, 1.54) is 12.1 Å². The molecule has 0 aliphatic carbocycles. The Hall–Kier alpha value is -3.03. The van der Waals surface area contributed by atoms with Gasteiger partial charge in [-0.1, -0.05) is 0 Å². The number of carbonyl (C=O) groups is 3. The summed E-state index contributed by atoms with van der Waals surface area (Å²) in [6.45, 7) is -0.375. The predicted octanol–water partition coefficient (Wildman–Crippen LogP) is 3.39. The number of rotatable bonds is 8. The van der Waals surface area contributed by atoms with Gasteiger partial charge in [-0.05, 0) is 38.1 Å². The van der Waals surface area contributed by atoms with Crippen LogP contribution < -0.4 is 10.6 Å². The smallest absolute Gasteiger partial charge is 0.448 e. The van der Waals surface area contributed by atoms with E-state index in [1.807, 2.05) is 5.32 Å². The van der Waals surface area contributed by atoms with Crippen molar-refractivity contribution in [3.8, 4) is 0 Å². The third kappa shape index (κ3) is 7.31. The number of urea groups is 1. The summed E-state index contributed by atoms with van der Waals surface area (Å²) in [4.78, 5) is 35.5. The van der Waals surface area contributed by atoms with Crippen LogP contribution in [0.1, 0.15) is 24.2 Å². The fraction of sp³-hybridized carbons (Fsp3) is 0.471. The van der Waals surface area contributed by atoms with Crippen molar-refractivity contribution in [3.63, 3.8) is 0 Å². The number of esters is 2. The second-order valence-electron chi connectivity index (χ2n) is 5.68. The van der Waals surface area contributed by atoms with Gasteiger partial charge < -0.3 is 19.5 Å². The highest BCUT2D eigenvalue weighted by atomic mass is 19.4. The van der Waals surface area contributed by atoms with Gasteiger partial charge in [0, 0.05) is 5.69 Å². The van der Waals surface area contributed by atoms with Gasteiger partial charge in [-0.25, -0.2) is 14.4 Å². The molecule has 0 heterocycles. The lowest BCUT2D eigenvalue weighted by atomic mass is 10.2. The molecule has 0 fully saturated rings. The van der Waals surface area contributed by atoms with Gasteiger partial charge in [0.25, 0.3) is 0 Å². The Morgan fingerprint density at radius 1 is 0.903 bits per heavy atom. The number of hydrogen-bond donors (Lipinski definition) is 2. The molecular weight excluding hydrogens is 442 g/mol. The maximum absolute atomic E-state index is 13.6. The molecule has 0 aromatic heterocycles. The maximum Gasteiger partial charge on any atom is 0.448 e. The zero-order chi connectivity index (χ0) is 23.9. The molecule has 0 bridgehead atoms. The van der Waals surface area contributed by atoms with Crippen LogP contribution in [0.15, 0.2) is 24.3 Å². The molecule has 0 unspecified atom stereocenters. The van der Waals surface area contributed by atoms with Crippen LogP contribution in [0.4, 0.5) is 36.8 Å². The molecule has 0 spiro atoms. The van der Waals surface area contributed by atoms with Crippen molar-refractivity contribution in [3.05, 3.63) is 29.8 Å². The third-order valence-corrected chi connectivity index (χ3v) is 3.36. The summed E-state index contributed by atoms with van der Waals surface area (Å²) < 4.78 is 90.7. The van der Waals surface area contributed by atoms with Gasteiger partial charge in [0.2, 0.25) is 0 Å². The number of benzene rings is 1. The van der Waals surface area contributed by atoms with Crippen LogP contribution in [0, 0.1) is 0 Å². The van der Waals surface area contributed by atoms with Gasteiger partial charge in [0.15, 0.2) is 0 Å². The number of carbonyl (C=O) groups excluding carboxylic acids is 3. The first-order chi connectivity index (χ1) is 14.3. The van der Waals surface area contributed by atoms with Crippen LogP contribution >= 0.6 is 0 Å². The van der Waals surface area contributed by atoms with E-state index in [0.717, 1.165) is 24.4 Å². The largest absolute Gasteiger partial charge is 0.462 e. The molecule has 0 saturated heterocycles. The highest BCUT2D eigenvalue weighted by molar-refractivity contribution is 5.95. The highest BCUT2D eigenvalue weighted by Gasteiger charge is 2.66. The molecule has 2 N–H and O–H groups in total. The molecule has 31 heavy (non-hydrogen) atoms. The first-order valence-electron chi connectivity index (χ1n) is 8.56. The van der Waals surface area contributed by atoms with Crippen LogP contribution in [-0.2, 0) is 19.0 Å². The summed E-state index contributed by atoms with van der Waals surface area (Å²) in [7, 11) is 0. The Bertz CT molecular complexity index is 781. The summed E-state index contributed by atoms with van der Waals surface area (Å²) >= 11 is 0. The van der Waals surface area contributed by atoms with Gasteiger partial charge in [-0.2, -0.15) is 26.3 Å². The van der Waals surface area contributed by atoms with E-state index in [1.54, 1.807) is 6.92 Å². The van der Waals surface area contributed by atoms with E-state index in [4.69, 9.17) is 4.74 Å². The van der Waals surface area contributed by atoms with E-state index in [9.17, 15) is 40.7 Å². The predicted molar refractivity (Wildman–Crippen MR) is 92.0 cm³/mol. The molecule has 0 aliphatic rings. The fourth-order valence-electron chi connectivity index (χ4n) is 2.06. The Balaban J connectivity index is 3.10. The van der Waals surface area contributed by atoms with Crippen LogP contribution in [-0.4, -0.2) is 55.9 Å². The first kappa shape index (κ1) is 26.0. The van der Waals surface area contributed by atoms with Crippen LogP contribution in [0.5, 0.6) is 0 Å². The van der Waals surface area contributed by atoms with Gasteiger partial charge >= 0.3 is 36.0 Å². The molecule has 1 atom stereocenters. The lowest BCUT2D eigenvalue weighted by molar-refractivity contribution is -0.305. The van der Waals surface area contributed by atoms with E-state index in [2.05, 4.69) is 9.47 Å². The number of halogens is 6. The third-order valence-electron chi connectivity index (χ3n) is 3.36. The Labute approximate surface area is 171 Å². The van der Waals surface area contributed by atoms with E-state index >= 15 is 0 Å². The van der Waals surface area contributed by atoms with Gasteiger partial charge in [-0.15, -0.1) is 0 Å². The van der Waals surface area contributed by atoms with Crippen LogP contribution in [0.3, 0.4) is 0 Å². The van der Waals surface area contributed by atoms with Crippen molar-refractivity contribution in [2.75, 3.05) is 25.1 Å². The summed E-state index contributed by atoms with van der Waals surface area (Å²) in [6, 6.07) is 2.85. The topological polar surface area (TPSA) is 103 Å². The standard InChI is InChI=1S/C17H18F6N2O6/c1-3-29-12(26)10-5-7-11(8-6-10)24-14(28)25-16(17(21,22)23,13(27)30-4-2)31-9-15(18,19)20/h5-8H,3-4,9H2,1-2H3,(H2,24,25,28)/t16-/m0/s1. The number of amides is 2. The lowest BCUT2D eigenvalue weighted by Crippen LogP contribution is -2.67. The minimum Gasteiger partial charge on any atom is -0.462 e. The normalized spacial score (nSPS) is 13.7. The van der Waals surface area contributed by atoms with Crippen LogP contribution in [0.25, 0.3) is 0 Å². The molecular formula is C17H18F6N2O6. The first-order valence-corrected chi connectivity index (χ1v) is 8.56. The van der Waals surface area contributed by atoms with Crippen molar-refractivity contribution >= 4 is 23.7 Å². The maximum atomic E-state index is 13.6. The zero-order valence-electron chi connectivity index (χ0n) is 16.1. The average molecular weight is 460 g/mol. The molecule has 1 aromatic rings. The van der Waals surface area contributed by atoms with Crippen molar-refractivity contribution in [2.24, 2.45) is 0 Å². The number of hydrogen-bond acceptors (Lipinski definition) is 6. The lowest BCUT2D eigenvalue weighted by Gasteiger charge is -2.33. The summed E-state index contributed by atoms with van der Waals surface area (Å²) in [5.74, 6) is -2.99. The van der Waals surface area contributed by atoms with Crippen LogP contribution in [0.2, 0.25) is 0 Å². The number of ether oxygens (including phenoxy) is 3. The Morgan fingerprint density at radius 2 is 1.45 bits per heavy atom. The molecule has 2 amide bonds. The average Bonchev–Trinajstić information content (AvgIpc) is 2.64. The van der Waals surface area contributed by atoms with Gasteiger partial charge in [-0.3, -0.25) is 5.32 Å². The monoisotopic (exact) mass is 460 g/mol. The fourth-order valence-corrected chi connectivity index (χ4v) is 2.06. The van der Waals surface area contributed by atoms with E-state index in [0.29, 0.717) is 0 Å². The summed E-state index contributed by atoms with van der Waals surface area (Å²) in [6.07, 6.45) is -11.1. The molecule has 0 saturated carbocycles. The molecule has 14 heteroatoms. The number of anilines is 1. The highest BCUT2D eigenvalue weighted by Crippen LogP contribution is 2.34. The molecule has 1 aromatic carbocycles. The summed E-state index contributed by atoms with van der Waals surface area (Å²) in [5.41, 5.74) is -4.51. The number of nitrogens with one attached hydrogen (secondary N) is 2. The number of alkyl halides is 6. The van der Waals surface area contributed by atoms with Crippen molar-refractivity contribution < 1.29 is 54.9 Å². The van der Waals surface area contributed by atoms with Crippen molar-refractivity contribution in [1.29, 1.82) is 0 Å². The SMILES string of the molecule is CCOC(=O)c1ccc(NC(=O)N[C@](OCC(F)(F)F)(C(=O)OCC)C(F)(F)F)cc1. The molecule has 8 nitrogen and oxygen atoms in total. The Morgan fingerprint density at radius 3 is 1.90 bits per heavy atom. The van der Waals surface area contributed by atoms with Crippen molar-refractivity contribution in [1.82, 2.24) is 5.32 Å². The van der Waals surface area contributed by atoms with Gasteiger partial charge in [0.1, 0.15) is 6.61 Å². The zero-order valence-corrected chi connectivity index (χ0v) is 16.1. The second-order valence-corrected chi connectivity index (χ2v) is 5.68. The second kappa shape index (κ2) is 10.3. The van der Waals surface area contributed by atoms with E-state index < -0.39 is 49.3 Å².